The molecule has 122 valence electrons. The van der Waals surface area contributed by atoms with Crippen molar-refractivity contribution in [3.8, 4) is 11.5 Å². The van der Waals surface area contributed by atoms with Gasteiger partial charge in [0.25, 0.3) is 5.22 Å². The van der Waals surface area contributed by atoms with Gasteiger partial charge in [0, 0.05) is 11.1 Å². The van der Waals surface area contributed by atoms with Gasteiger partial charge in [-0.2, -0.15) is 0 Å². The van der Waals surface area contributed by atoms with E-state index < -0.39 is 0 Å². The smallest absolute Gasteiger partial charge is 0.277 e. The summed E-state index contributed by atoms with van der Waals surface area (Å²) in [5.74, 6) is 0.809. The number of carbonyl (C=O) groups is 1. The molecule has 0 radical (unpaired) electrons. The maximum Gasteiger partial charge on any atom is 0.277 e. The van der Waals surface area contributed by atoms with Crippen molar-refractivity contribution in [2.24, 2.45) is 0 Å². The van der Waals surface area contributed by atoms with E-state index in [1.165, 1.54) is 17.3 Å². The second kappa shape index (κ2) is 7.01. The lowest BCUT2D eigenvalue weighted by Gasteiger charge is -2.04. The number of Topliss-reactive ketones (excluding diaryl/α,β-unsaturated/α-hetero) is 1. The predicted octanol–water partition coefficient (Wildman–Crippen LogP) is 4.64. The van der Waals surface area contributed by atoms with E-state index in [4.69, 9.17) is 4.42 Å². The molecule has 0 fully saturated rings. The van der Waals surface area contributed by atoms with Crippen LogP contribution in [-0.2, 0) is 0 Å². The molecular weight excluding hydrogens is 320 g/mol. The van der Waals surface area contributed by atoms with Crippen LogP contribution in [0.3, 0.4) is 0 Å². The second-order valence-electron chi connectivity index (χ2n) is 5.77. The molecule has 3 aromatic rings. The highest BCUT2D eigenvalue weighted by Gasteiger charge is 2.13. The quantitative estimate of drug-likeness (QED) is 0.501. The molecule has 0 aliphatic rings. The van der Waals surface area contributed by atoms with Gasteiger partial charge < -0.3 is 4.42 Å². The van der Waals surface area contributed by atoms with E-state index >= 15 is 0 Å². The summed E-state index contributed by atoms with van der Waals surface area (Å²) in [4.78, 5) is 12.4. The maximum atomic E-state index is 12.4. The largest absolute Gasteiger partial charge is 0.411 e. The molecule has 0 aliphatic carbocycles. The van der Waals surface area contributed by atoms with Crippen LogP contribution in [0.1, 0.15) is 27.0 Å². The number of rotatable bonds is 5. The first kappa shape index (κ1) is 16.5. The summed E-state index contributed by atoms with van der Waals surface area (Å²) in [5.41, 5.74) is 4.93. The monoisotopic (exact) mass is 338 g/mol. The lowest BCUT2D eigenvalue weighted by Crippen LogP contribution is -2.04. The minimum absolute atomic E-state index is 0.0626. The lowest BCUT2D eigenvalue weighted by atomic mass is 10.0. The molecule has 1 aromatic heterocycles. The van der Waals surface area contributed by atoms with Gasteiger partial charge >= 0.3 is 0 Å². The van der Waals surface area contributed by atoms with E-state index in [2.05, 4.69) is 10.2 Å². The minimum Gasteiger partial charge on any atom is -0.411 e. The van der Waals surface area contributed by atoms with Gasteiger partial charge in [-0.15, -0.1) is 10.2 Å². The van der Waals surface area contributed by atoms with Crippen LogP contribution >= 0.6 is 11.8 Å². The van der Waals surface area contributed by atoms with Gasteiger partial charge in [0.05, 0.1) is 5.75 Å². The van der Waals surface area contributed by atoms with Gasteiger partial charge in [-0.05, 0) is 38.5 Å². The fourth-order valence-corrected chi connectivity index (χ4v) is 3.06. The van der Waals surface area contributed by atoms with Crippen molar-refractivity contribution in [1.82, 2.24) is 10.2 Å². The van der Waals surface area contributed by atoms with E-state index in [9.17, 15) is 4.79 Å². The fourth-order valence-electron chi connectivity index (χ4n) is 2.41. The Hall–Kier alpha value is -2.40. The third-order valence-electron chi connectivity index (χ3n) is 3.71. The van der Waals surface area contributed by atoms with E-state index in [1.54, 1.807) is 0 Å². The van der Waals surface area contributed by atoms with E-state index in [0.29, 0.717) is 11.1 Å². The van der Waals surface area contributed by atoms with Crippen molar-refractivity contribution in [2.75, 3.05) is 5.75 Å². The normalized spacial score (nSPS) is 10.8. The fraction of sp³-hybridized carbons (Fsp3) is 0.211. The molecular formula is C19H18N2O2S. The molecule has 4 nitrogen and oxygen atoms in total. The number of hydrogen-bond donors (Lipinski definition) is 0. The number of ketones is 1. The summed E-state index contributed by atoms with van der Waals surface area (Å²) in [5, 5.41) is 8.46. The van der Waals surface area contributed by atoms with Crippen molar-refractivity contribution in [3.63, 3.8) is 0 Å². The van der Waals surface area contributed by atoms with Crippen molar-refractivity contribution in [2.45, 2.75) is 26.0 Å². The summed E-state index contributed by atoms with van der Waals surface area (Å²) in [6, 6.07) is 13.7. The zero-order chi connectivity index (χ0) is 17.1. The molecule has 24 heavy (non-hydrogen) atoms. The first-order valence-electron chi connectivity index (χ1n) is 7.67. The number of aryl methyl sites for hydroxylation is 3. The molecule has 0 saturated carbocycles. The van der Waals surface area contributed by atoms with E-state index in [0.717, 1.165) is 22.3 Å². The molecule has 0 N–H and O–H groups in total. The Labute approximate surface area is 145 Å². The zero-order valence-electron chi connectivity index (χ0n) is 13.9. The van der Waals surface area contributed by atoms with Crippen LogP contribution in [0.5, 0.6) is 0 Å². The van der Waals surface area contributed by atoms with Gasteiger partial charge in [0.2, 0.25) is 5.89 Å². The van der Waals surface area contributed by atoms with Crippen molar-refractivity contribution < 1.29 is 9.21 Å². The average molecular weight is 338 g/mol. The first-order chi connectivity index (χ1) is 11.5. The van der Waals surface area contributed by atoms with Gasteiger partial charge in [0.1, 0.15) is 0 Å². The van der Waals surface area contributed by atoms with Gasteiger partial charge in [-0.3, -0.25) is 4.79 Å². The minimum atomic E-state index is 0.0626. The zero-order valence-corrected chi connectivity index (χ0v) is 14.7. The molecule has 0 bridgehead atoms. The summed E-state index contributed by atoms with van der Waals surface area (Å²) in [7, 11) is 0. The number of hydrogen-bond acceptors (Lipinski definition) is 5. The van der Waals surface area contributed by atoms with Gasteiger partial charge in [-0.25, -0.2) is 0 Å². The topological polar surface area (TPSA) is 56.0 Å². The molecule has 1 heterocycles. The molecule has 3 rings (SSSR count). The molecule has 0 saturated heterocycles. The third kappa shape index (κ3) is 3.74. The molecule has 5 heteroatoms. The second-order valence-corrected chi connectivity index (χ2v) is 6.70. The first-order valence-corrected chi connectivity index (χ1v) is 8.65. The standard InChI is InChI=1S/C19H18N2O2S/c1-12-4-7-15(8-5-12)18-20-21-19(23-18)24-11-17(22)16-9-6-13(2)10-14(16)3/h4-10H,11H2,1-3H3. The van der Waals surface area contributed by atoms with Crippen LogP contribution in [0.2, 0.25) is 0 Å². The average Bonchev–Trinajstić information content (AvgIpc) is 3.02. The third-order valence-corrected chi connectivity index (χ3v) is 4.53. The van der Waals surface area contributed by atoms with Crippen LogP contribution in [0, 0.1) is 20.8 Å². The molecule has 0 unspecified atom stereocenters. The SMILES string of the molecule is Cc1ccc(-c2nnc(SCC(=O)c3ccc(C)cc3C)o2)cc1. The predicted molar refractivity (Wildman–Crippen MR) is 95.4 cm³/mol. The Morgan fingerprint density at radius 3 is 2.42 bits per heavy atom. The number of nitrogens with zero attached hydrogens (tertiary/aromatic N) is 2. The Balaban J connectivity index is 1.67. The van der Waals surface area contributed by atoms with Crippen molar-refractivity contribution in [1.29, 1.82) is 0 Å². The molecule has 2 aromatic carbocycles. The maximum absolute atomic E-state index is 12.4. The van der Waals surface area contributed by atoms with Crippen LogP contribution in [0.4, 0.5) is 0 Å². The van der Waals surface area contributed by atoms with Crippen molar-refractivity contribution >= 4 is 17.5 Å². The lowest BCUT2D eigenvalue weighted by molar-refractivity contribution is 0.102. The van der Waals surface area contributed by atoms with Crippen LogP contribution in [0.25, 0.3) is 11.5 Å². The Bertz CT molecular complexity index is 869. The molecule has 0 atom stereocenters. The highest BCUT2D eigenvalue weighted by atomic mass is 32.2. The van der Waals surface area contributed by atoms with E-state index in [-0.39, 0.29) is 11.5 Å². The Morgan fingerprint density at radius 1 is 1.00 bits per heavy atom. The molecule has 0 aliphatic heterocycles. The number of carbonyl (C=O) groups excluding carboxylic acids is 1. The molecule has 0 spiro atoms. The van der Waals surface area contributed by atoms with Crippen LogP contribution in [-0.4, -0.2) is 21.7 Å². The van der Waals surface area contributed by atoms with Crippen LogP contribution < -0.4 is 0 Å². The highest BCUT2D eigenvalue weighted by molar-refractivity contribution is 7.99. The van der Waals surface area contributed by atoms with Crippen molar-refractivity contribution in [3.05, 3.63) is 64.7 Å². The van der Waals surface area contributed by atoms with Crippen LogP contribution in [0.15, 0.2) is 52.1 Å². The number of benzene rings is 2. The van der Waals surface area contributed by atoms with Gasteiger partial charge in [-0.1, -0.05) is 53.2 Å². The number of aromatic nitrogens is 2. The number of thioether (sulfide) groups is 1. The Kier molecular flexibility index (Phi) is 4.81. The summed E-state index contributed by atoms with van der Waals surface area (Å²) >= 11 is 1.27. The van der Waals surface area contributed by atoms with E-state index in [1.807, 2.05) is 63.2 Å². The summed E-state index contributed by atoms with van der Waals surface area (Å²) in [6.45, 7) is 5.99. The summed E-state index contributed by atoms with van der Waals surface area (Å²) < 4.78 is 5.63. The Morgan fingerprint density at radius 2 is 1.71 bits per heavy atom. The van der Waals surface area contributed by atoms with Gasteiger partial charge in [0.15, 0.2) is 5.78 Å². The highest BCUT2D eigenvalue weighted by Crippen LogP contribution is 2.24. The summed E-state index contributed by atoms with van der Waals surface area (Å²) in [6.07, 6.45) is 0. The molecule has 0 amide bonds.